The van der Waals surface area contributed by atoms with Crippen LogP contribution in [0, 0.1) is 17.7 Å². The number of carbonyl (C=O) groups is 2. The molecule has 2 aromatic carbocycles. The minimum Gasteiger partial charge on any atom is -0.480 e. The van der Waals surface area contributed by atoms with Crippen molar-refractivity contribution in [2.45, 2.75) is 30.3 Å². The topological polar surface area (TPSA) is 81.7 Å². The van der Waals surface area contributed by atoms with Gasteiger partial charge < -0.3 is 15.3 Å². The number of carboxylic acids is 1. The van der Waals surface area contributed by atoms with E-state index in [9.17, 15) is 19.1 Å². The monoisotopic (exact) mass is 501 g/mol. The summed E-state index contributed by atoms with van der Waals surface area (Å²) in [7, 11) is 1.95. The van der Waals surface area contributed by atoms with Gasteiger partial charge in [0.05, 0.1) is 11.7 Å². The number of carboxylic acid groups (broad SMARTS) is 1. The normalized spacial score (nSPS) is 18.0. The SMILES string of the molecule is CSCC[C@H](NC(=O)c1ccc(N(C)C2NCCC2S)cc1C#Cc1ccc(F)cc1)C(=O)O. The molecular formula is C25H28FN3O3S2. The van der Waals surface area contributed by atoms with Crippen LogP contribution in [-0.2, 0) is 4.79 Å². The molecule has 3 rings (SSSR count). The van der Waals surface area contributed by atoms with Crippen molar-refractivity contribution in [2.24, 2.45) is 0 Å². The van der Waals surface area contributed by atoms with E-state index in [1.807, 2.05) is 30.3 Å². The summed E-state index contributed by atoms with van der Waals surface area (Å²) in [6, 6.07) is 10.1. The maximum Gasteiger partial charge on any atom is 0.326 e. The first-order valence-corrected chi connectivity index (χ1v) is 12.8. The molecule has 1 aliphatic heterocycles. The third kappa shape index (κ3) is 6.69. The first-order chi connectivity index (χ1) is 16.3. The van der Waals surface area contributed by atoms with Gasteiger partial charge in [-0.15, -0.1) is 0 Å². The van der Waals surface area contributed by atoms with Crippen molar-refractivity contribution in [3.63, 3.8) is 0 Å². The highest BCUT2D eigenvalue weighted by molar-refractivity contribution is 7.98. The van der Waals surface area contributed by atoms with Gasteiger partial charge in [0.1, 0.15) is 11.9 Å². The van der Waals surface area contributed by atoms with Gasteiger partial charge in [0.2, 0.25) is 0 Å². The van der Waals surface area contributed by atoms with E-state index in [0.717, 1.165) is 18.7 Å². The van der Waals surface area contributed by atoms with Gasteiger partial charge in [0.15, 0.2) is 0 Å². The Hall–Kier alpha value is -2.67. The molecule has 1 aliphatic rings. The molecule has 3 atom stereocenters. The van der Waals surface area contributed by atoms with E-state index >= 15 is 0 Å². The van der Waals surface area contributed by atoms with Crippen LogP contribution in [-0.4, -0.2) is 60.0 Å². The number of hydrogen-bond acceptors (Lipinski definition) is 6. The van der Waals surface area contributed by atoms with Gasteiger partial charge in [-0.3, -0.25) is 10.1 Å². The quantitative estimate of drug-likeness (QED) is 0.329. The molecule has 180 valence electrons. The summed E-state index contributed by atoms with van der Waals surface area (Å²) in [6.45, 7) is 0.869. The molecule has 3 N–H and O–H groups in total. The van der Waals surface area contributed by atoms with E-state index in [1.54, 1.807) is 18.2 Å². The fraction of sp³-hybridized carbons (Fsp3) is 0.360. The zero-order chi connectivity index (χ0) is 24.7. The van der Waals surface area contributed by atoms with Crippen LogP contribution in [0.1, 0.15) is 34.3 Å². The van der Waals surface area contributed by atoms with E-state index in [2.05, 4.69) is 35.1 Å². The first-order valence-electron chi connectivity index (χ1n) is 10.9. The van der Waals surface area contributed by atoms with Crippen LogP contribution >= 0.6 is 24.4 Å². The van der Waals surface area contributed by atoms with Gasteiger partial charge in [-0.25, -0.2) is 9.18 Å². The predicted octanol–water partition coefficient (Wildman–Crippen LogP) is 3.22. The maximum absolute atomic E-state index is 13.2. The Morgan fingerprint density at radius 3 is 2.65 bits per heavy atom. The lowest BCUT2D eigenvalue weighted by Crippen LogP contribution is -2.44. The van der Waals surface area contributed by atoms with Crippen molar-refractivity contribution in [3.05, 3.63) is 65.0 Å². The van der Waals surface area contributed by atoms with Gasteiger partial charge in [-0.05, 0) is 73.9 Å². The molecule has 0 aromatic heterocycles. The predicted molar refractivity (Wildman–Crippen MR) is 138 cm³/mol. The Labute approximate surface area is 209 Å². The molecule has 0 spiro atoms. The Balaban J connectivity index is 1.94. The third-order valence-electron chi connectivity index (χ3n) is 5.63. The molecule has 2 aromatic rings. The van der Waals surface area contributed by atoms with Crippen LogP contribution in [0.5, 0.6) is 0 Å². The highest BCUT2D eigenvalue weighted by Crippen LogP contribution is 2.25. The van der Waals surface area contributed by atoms with Crippen molar-refractivity contribution in [2.75, 3.05) is 30.5 Å². The van der Waals surface area contributed by atoms with Crippen molar-refractivity contribution < 1.29 is 19.1 Å². The number of amides is 1. The number of benzene rings is 2. The second kappa shape index (κ2) is 12.2. The van der Waals surface area contributed by atoms with E-state index in [1.165, 1.54) is 23.9 Å². The fourth-order valence-electron chi connectivity index (χ4n) is 3.68. The zero-order valence-electron chi connectivity index (χ0n) is 19.0. The largest absolute Gasteiger partial charge is 0.480 e. The van der Waals surface area contributed by atoms with Gasteiger partial charge in [-0.2, -0.15) is 24.4 Å². The maximum atomic E-state index is 13.2. The number of halogens is 1. The zero-order valence-corrected chi connectivity index (χ0v) is 20.8. The number of hydrogen-bond donors (Lipinski definition) is 4. The minimum absolute atomic E-state index is 0.0313. The fourth-order valence-corrected chi connectivity index (χ4v) is 4.59. The molecule has 9 heteroatoms. The number of anilines is 1. The van der Waals surface area contributed by atoms with Crippen molar-refractivity contribution in [3.8, 4) is 11.8 Å². The molecule has 1 amide bonds. The van der Waals surface area contributed by atoms with Crippen molar-refractivity contribution in [1.82, 2.24) is 10.6 Å². The molecule has 0 saturated carbocycles. The summed E-state index contributed by atoms with van der Waals surface area (Å²) >= 11 is 6.17. The summed E-state index contributed by atoms with van der Waals surface area (Å²) in [5, 5.41) is 15.7. The van der Waals surface area contributed by atoms with Gasteiger partial charge in [0, 0.05) is 29.1 Å². The van der Waals surface area contributed by atoms with Crippen LogP contribution in [0.25, 0.3) is 0 Å². The van der Waals surface area contributed by atoms with Crippen LogP contribution in [0.2, 0.25) is 0 Å². The molecule has 0 aliphatic carbocycles. The average molecular weight is 502 g/mol. The summed E-state index contributed by atoms with van der Waals surface area (Å²) < 4.78 is 13.2. The molecular weight excluding hydrogens is 473 g/mol. The lowest BCUT2D eigenvalue weighted by Gasteiger charge is -2.30. The Bertz CT molecular complexity index is 1090. The van der Waals surface area contributed by atoms with Crippen molar-refractivity contribution in [1.29, 1.82) is 0 Å². The molecule has 2 unspecified atom stereocenters. The average Bonchev–Trinajstić information content (AvgIpc) is 3.26. The van der Waals surface area contributed by atoms with Crippen LogP contribution in [0.3, 0.4) is 0 Å². The van der Waals surface area contributed by atoms with Gasteiger partial charge in [-0.1, -0.05) is 11.8 Å². The number of rotatable bonds is 8. The van der Waals surface area contributed by atoms with Crippen LogP contribution in [0.4, 0.5) is 10.1 Å². The Morgan fingerprint density at radius 2 is 2.03 bits per heavy atom. The molecule has 1 saturated heterocycles. The minimum atomic E-state index is -1.08. The van der Waals surface area contributed by atoms with E-state index < -0.39 is 17.9 Å². The summed E-state index contributed by atoms with van der Waals surface area (Å²) in [5.41, 5.74) is 2.18. The Kier molecular flexibility index (Phi) is 9.28. The number of nitrogens with one attached hydrogen (secondary N) is 2. The molecule has 34 heavy (non-hydrogen) atoms. The molecule has 0 bridgehead atoms. The second-order valence-electron chi connectivity index (χ2n) is 8.00. The molecule has 6 nitrogen and oxygen atoms in total. The first kappa shape index (κ1) is 25.9. The smallest absolute Gasteiger partial charge is 0.326 e. The van der Waals surface area contributed by atoms with Crippen molar-refractivity contribution >= 4 is 42.0 Å². The summed E-state index contributed by atoms with van der Waals surface area (Å²) in [5.74, 6) is 4.66. The van der Waals surface area contributed by atoms with Gasteiger partial charge in [0.25, 0.3) is 5.91 Å². The molecule has 1 heterocycles. The van der Waals surface area contributed by atoms with Gasteiger partial charge >= 0.3 is 5.97 Å². The van der Waals surface area contributed by atoms with Crippen LogP contribution < -0.4 is 15.5 Å². The van der Waals surface area contributed by atoms with Crippen LogP contribution in [0.15, 0.2) is 42.5 Å². The number of aliphatic carboxylic acids is 1. The van der Waals surface area contributed by atoms with E-state index in [0.29, 0.717) is 23.3 Å². The third-order valence-corrected chi connectivity index (χ3v) is 6.81. The summed E-state index contributed by atoms with van der Waals surface area (Å²) in [6.07, 6.45) is 3.18. The summed E-state index contributed by atoms with van der Waals surface area (Å²) in [4.78, 5) is 26.7. The number of thioether (sulfide) groups is 1. The Morgan fingerprint density at radius 1 is 1.29 bits per heavy atom. The number of thiol groups is 1. The van der Waals surface area contributed by atoms with E-state index in [4.69, 9.17) is 0 Å². The molecule has 1 fully saturated rings. The number of nitrogens with zero attached hydrogens (tertiary/aromatic N) is 1. The standard InChI is InChI=1S/C25H28FN3O3S2/c1-29(23-22(33)11-13-27-23)19-9-10-20(24(30)28-21(25(31)32)12-14-34-2)17(15-19)6-3-16-4-7-18(26)8-5-16/h4-5,7-10,15,21-23,27,33H,11-14H2,1-2H3,(H,28,30)(H,31,32)/t21-,22?,23?/m0/s1. The highest BCUT2D eigenvalue weighted by Gasteiger charge is 2.28. The lowest BCUT2D eigenvalue weighted by molar-refractivity contribution is -0.139. The number of carbonyl (C=O) groups excluding carboxylic acids is 1. The van der Waals surface area contributed by atoms with E-state index in [-0.39, 0.29) is 22.8 Å². The lowest BCUT2D eigenvalue weighted by atomic mass is 10.0. The second-order valence-corrected chi connectivity index (χ2v) is 9.65. The molecule has 0 radical (unpaired) electrons. The highest BCUT2D eigenvalue weighted by atomic mass is 32.2.